The Balaban J connectivity index is 1.74. The Kier molecular flexibility index (Phi) is 5.03. The van der Waals surface area contributed by atoms with E-state index < -0.39 is 10.0 Å². The van der Waals surface area contributed by atoms with Gasteiger partial charge in [-0.25, -0.2) is 8.42 Å². The highest BCUT2D eigenvalue weighted by Gasteiger charge is 2.16. The fraction of sp³-hybridized carbons (Fsp3) is 0.111. The number of sulfonamides is 1. The van der Waals surface area contributed by atoms with Crippen molar-refractivity contribution in [1.29, 1.82) is 0 Å². The number of nitrogens with one attached hydrogen (secondary N) is 2. The van der Waals surface area contributed by atoms with Crippen molar-refractivity contribution in [2.45, 2.75) is 18.1 Å². The van der Waals surface area contributed by atoms with E-state index in [1.54, 1.807) is 24.3 Å². The molecule has 0 saturated heterocycles. The van der Waals surface area contributed by atoms with Gasteiger partial charge in [0.05, 0.1) is 0 Å². The highest BCUT2D eigenvalue weighted by molar-refractivity contribution is 7.94. The molecular formula is C18H17ClN2O2S2. The number of benzene rings is 2. The van der Waals surface area contributed by atoms with Crippen LogP contribution < -0.4 is 10.0 Å². The topological polar surface area (TPSA) is 58.2 Å². The van der Waals surface area contributed by atoms with Crippen LogP contribution in [0.2, 0.25) is 5.02 Å². The molecule has 0 bridgehead atoms. The first-order chi connectivity index (χ1) is 11.8. The second-order valence-electron chi connectivity index (χ2n) is 5.63. The van der Waals surface area contributed by atoms with Crippen molar-refractivity contribution in [2.24, 2.45) is 0 Å². The Hall–Kier alpha value is -2.02. The van der Waals surface area contributed by atoms with Crippen LogP contribution in [0, 0.1) is 13.8 Å². The molecule has 1 heterocycles. The van der Waals surface area contributed by atoms with Gasteiger partial charge < -0.3 is 5.32 Å². The van der Waals surface area contributed by atoms with Gasteiger partial charge in [0.2, 0.25) is 0 Å². The third-order valence-corrected chi connectivity index (χ3v) is 6.69. The van der Waals surface area contributed by atoms with E-state index in [0.717, 1.165) is 21.8 Å². The first-order valence-electron chi connectivity index (χ1n) is 7.56. The Morgan fingerprint density at radius 2 is 1.60 bits per heavy atom. The molecule has 0 aliphatic rings. The van der Waals surface area contributed by atoms with Gasteiger partial charge in [-0.15, -0.1) is 11.3 Å². The van der Waals surface area contributed by atoms with Gasteiger partial charge >= 0.3 is 0 Å². The number of halogens is 1. The summed E-state index contributed by atoms with van der Waals surface area (Å²) in [7, 11) is -3.54. The van der Waals surface area contributed by atoms with Crippen molar-refractivity contribution < 1.29 is 8.42 Å². The fourth-order valence-corrected chi connectivity index (χ4v) is 4.87. The molecule has 2 N–H and O–H groups in total. The van der Waals surface area contributed by atoms with Crippen LogP contribution in [0.5, 0.6) is 0 Å². The summed E-state index contributed by atoms with van der Waals surface area (Å²) >= 11 is 7.21. The molecule has 1 aromatic heterocycles. The maximum Gasteiger partial charge on any atom is 0.271 e. The SMILES string of the molecule is Cc1ccc(S(=O)(=O)Nc2ccc(Nc3ccc(Cl)cc3C)cc2)s1. The molecule has 4 nitrogen and oxygen atoms in total. The smallest absolute Gasteiger partial charge is 0.271 e. The molecule has 0 fully saturated rings. The summed E-state index contributed by atoms with van der Waals surface area (Å²) in [6.45, 7) is 3.85. The summed E-state index contributed by atoms with van der Waals surface area (Å²) in [5.74, 6) is 0. The Bertz CT molecular complexity index is 996. The quantitative estimate of drug-likeness (QED) is 0.597. The molecule has 0 aliphatic carbocycles. The number of rotatable bonds is 5. The third kappa shape index (κ3) is 4.34. The number of aryl methyl sites for hydroxylation is 2. The molecule has 25 heavy (non-hydrogen) atoms. The zero-order chi connectivity index (χ0) is 18.0. The summed E-state index contributed by atoms with van der Waals surface area (Å²) < 4.78 is 27.6. The van der Waals surface area contributed by atoms with Gasteiger partial charge in [0.1, 0.15) is 4.21 Å². The van der Waals surface area contributed by atoms with Crippen LogP contribution in [0.15, 0.2) is 58.8 Å². The lowest BCUT2D eigenvalue weighted by atomic mass is 10.2. The van der Waals surface area contributed by atoms with E-state index in [9.17, 15) is 8.42 Å². The Labute approximate surface area is 156 Å². The fourth-order valence-electron chi connectivity index (χ4n) is 2.31. The second kappa shape index (κ2) is 7.07. The minimum Gasteiger partial charge on any atom is -0.355 e. The predicted octanol–water partition coefficient (Wildman–Crippen LogP) is 5.56. The van der Waals surface area contributed by atoms with Crippen LogP contribution in [0.25, 0.3) is 0 Å². The maximum absolute atomic E-state index is 12.3. The minimum absolute atomic E-state index is 0.309. The van der Waals surface area contributed by atoms with E-state index in [1.165, 1.54) is 11.3 Å². The Morgan fingerprint density at radius 1 is 0.920 bits per heavy atom. The molecule has 0 amide bonds. The van der Waals surface area contributed by atoms with Gasteiger partial charge in [0.15, 0.2) is 0 Å². The highest BCUT2D eigenvalue weighted by Crippen LogP contribution is 2.26. The van der Waals surface area contributed by atoms with Crippen LogP contribution in [0.1, 0.15) is 10.4 Å². The van der Waals surface area contributed by atoms with E-state index in [4.69, 9.17) is 11.6 Å². The summed E-state index contributed by atoms with van der Waals surface area (Å²) in [4.78, 5) is 0.957. The summed E-state index contributed by atoms with van der Waals surface area (Å²) in [6, 6.07) is 16.1. The first-order valence-corrected chi connectivity index (χ1v) is 10.2. The van der Waals surface area contributed by atoms with Crippen LogP contribution in [0.4, 0.5) is 17.1 Å². The summed E-state index contributed by atoms with van der Waals surface area (Å²) in [6.07, 6.45) is 0. The lowest BCUT2D eigenvalue weighted by Crippen LogP contribution is -2.11. The van der Waals surface area contributed by atoms with Gasteiger partial charge in [-0.1, -0.05) is 11.6 Å². The lowest BCUT2D eigenvalue weighted by molar-refractivity contribution is 0.603. The van der Waals surface area contributed by atoms with Crippen LogP contribution in [-0.2, 0) is 10.0 Å². The second-order valence-corrected chi connectivity index (χ2v) is 9.27. The molecule has 0 saturated carbocycles. The van der Waals surface area contributed by atoms with Crippen molar-refractivity contribution >= 4 is 50.0 Å². The molecule has 0 radical (unpaired) electrons. The molecule has 7 heteroatoms. The van der Waals surface area contributed by atoms with Crippen molar-refractivity contribution in [1.82, 2.24) is 0 Å². The van der Waals surface area contributed by atoms with E-state index >= 15 is 0 Å². The van der Waals surface area contributed by atoms with Gasteiger partial charge in [-0.05, 0) is 74.0 Å². The van der Waals surface area contributed by atoms with Crippen molar-refractivity contribution in [3.05, 3.63) is 70.1 Å². The summed E-state index contributed by atoms with van der Waals surface area (Å²) in [5, 5.41) is 3.98. The predicted molar refractivity (Wildman–Crippen MR) is 106 cm³/mol. The maximum atomic E-state index is 12.3. The van der Waals surface area contributed by atoms with Gasteiger partial charge in [-0.3, -0.25) is 4.72 Å². The van der Waals surface area contributed by atoms with Gasteiger partial charge in [0.25, 0.3) is 10.0 Å². The first kappa shape index (κ1) is 17.8. The number of hydrogen-bond donors (Lipinski definition) is 2. The average Bonchev–Trinajstić information content (AvgIpc) is 2.99. The molecule has 3 aromatic rings. The summed E-state index contributed by atoms with van der Waals surface area (Å²) in [5.41, 5.74) is 3.36. The number of thiophene rings is 1. The molecular weight excluding hydrogens is 376 g/mol. The van der Waals surface area contributed by atoms with Crippen molar-refractivity contribution in [3.63, 3.8) is 0 Å². The van der Waals surface area contributed by atoms with Gasteiger partial charge in [-0.2, -0.15) is 0 Å². The molecule has 0 aliphatic heterocycles. The van der Waals surface area contributed by atoms with Crippen molar-refractivity contribution in [3.8, 4) is 0 Å². The van der Waals surface area contributed by atoms with Gasteiger partial charge in [0, 0.05) is 27.0 Å². The Morgan fingerprint density at radius 3 is 2.20 bits per heavy atom. The minimum atomic E-state index is -3.54. The highest BCUT2D eigenvalue weighted by atomic mass is 35.5. The largest absolute Gasteiger partial charge is 0.355 e. The normalized spacial score (nSPS) is 11.3. The number of anilines is 3. The molecule has 0 unspecified atom stereocenters. The monoisotopic (exact) mass is 392 g/mol. The van der Waals surface area contributed by atoms with Crippen LogP contribution >= 0.6 is 22.9 Å². The molecule has 0 spiro atoms. The molecule has 0 atom stereocenters. The zero-order valence-corrected chi connectivity index (χ0v) is 16.1. The standard InChI is InChI=1S/C18H17ClN2O2S2/c1-12-11-14(19)4-9-17(12)20-15-5-7-16(8-6-15)21-25(22,23)18-10-3-13(2)24-18/h3-11,20-21H,1-2H3. The zero-order valence-electron chi connectivity index (χ0n) is 13.7. The molecule has 130 valence electrons. The number of hydrogen-bond acceptors (Lipinski definition) is 4. The van der Waals surface area contributed by atoms with E-state index in [1.807, 2.05) is 44.2 Å². The third-order valence-electron chi connectivity index (χ3n) is 3.59. The van der Waals surface area contributed by atoms with Crippen LogP contribution in [-0.4, -0.2) is 8.42 Å². The van der Waals surface area contributed by atoms with E-state index in [0.29, 0.717) is 14.9 Å². The lowest BCUT2D eigenvalue weighted by Gasteiger charge is -2.11. The van der Waals surface area contributed by atoms with Crippen LogP contribution in [0.3, 0.4) is 0 Å². The van der Waals surface area contributed by atoms with Crippen molar-refractivity contribution in [2.75, 3.05) is 10.0 Å². The molecule has 3 rings (SSSR count). The molecule has 2 aromatic carbocycles. The van der Waals surface area contributed by atoms with E-state index in [-0.39, 0.29) is 0 Å². The average molecular weight is 393 g/mol. The van der Waals surface area contributed by atoms with E-state index in [2.05, 4.69) is 10.0 Å².